The molecule has 0 radical (unpaired) electrons. The Morgan fingerprint density at radius 3 is 2.72 bits per heavy atom. The summed E-state index contributed by atoms with van der Waals surface area (Å²) in [6.45, 7) is 1.18. The van der Waals surface area contributed by atoms with Crippen molar-refractivity contribution in [1.29, 1.82) is 0 Å². The molecule has 4 unspecified atom stereocenters. The Kier molecular flexibility index (Phi) is 3.74. The van der Waals surface area contributed by atoms with Crippen molar-refractivity contribution in [2.24, 2.45) is 17.8 Å². The summed E-state index contributed by atoms with van der Waals surface area (Å²) in [6.07, 6.45) is 11.4. The predicted octanol–water partition coefficient (Wildman–Crippen LogP) is 3.26. The van der Waals surface area contributed by atoms with Crippen molar-refractivity contribution in [3.63, 3.8) is 0 Å². The smallest absolute Gasteiger partial charge is 0.149 e. The van der Waals surface area contributed by atoms with E-state index in [2.05, 4.69) is 11.9 Å². The Balaban J connectivity index is 1.56. The molecule has 3 aliphatic rings. The first kappa shape index (κ1) is 12.7. The van der Waals surface area contributed by atoms with Crippen LogP contribution in [0.3, 0.4) is 0 Å². The zero-order valence-corrected chi connectivity index (χ0v) is 11.7. The number of ketones is 1. The molecule has 2 nitrogen and oxygen atoms in total. The Labute approximate surface area is 111 Å². The summed E-state index contributed by atoms with van der Waals surface area (Å²) < 4.78 is 0. The minimum atomic E-state index is 0.242. The first-order valence-corrected chi connectivity index (χ1v) is 7.97. The lowest BCUT2D eigenvalue weighted by atomic mass is 9.88. The van der Waals surface area contributed by atoms with Gasteiger partial charge in [-0.25, -0.2) is 0 Å². The van der Waals surface area contributed by atoms with Gasteiger partial charge in [-0.15, -0.1) is 0 Å². The minimum absolute atomic E-state index is 0.242. The topological polar surface area (TPSA) is 20.3 Å². The van der Waals surface area contributed by atoms with E-state index in [9.17, 15) is 4.79 Å². The largest absolute Gasteiger partial charge is 0.298 e. The van der Waals surface area contributed by atoms with Crippen molar-refractivity contribution in [3.8, 4) is 0 Å². The standard InChI is InChI=1S/C16H27NO/c1-17(15-5-3-2-4-6-16(15)18)11-14-10-12-7-8-13(14)9-12/h12-15H,2-11H2,1H3. The zero-order valence-electron chi connectivity index (χ0n) is 11.7. The molecule has 0 saturated heterocycles. The molecule has 2 bridgehead atoms. The quantitative estimate of drug-likeness (QED) is 0.716. The van der Waals surface area contributed by atoms with Gasteiger partial charge in [-0.3, -0.25) is 9.69 Å². The average Bonchev–Trinajstić information content (AvgIpc) is 2.88. The van der Waals surface area contributed by atoms with E-state index in [1.54, 1.807) is 0 Å². The summed E-state index contributed by atoms with van der Waals surface area (Å²) in [5, 5.41) is 0. The van der Waals surface area contributed by atoms with Crippen LogP contribution in [-0.2, 0) is 4.79 Å². The zero-order chi connectivity index (χ0) is 12.5. The van der Waals surface area contributed by atoms with Crippen molar-refractivity contribution in [3.05, 3.63) is 0 Å². The molecule has 3 fully saturated rings. The maximum Gasteiger partial charge on any atom is 0.149 e. The molecular weight excluding hydrogens is 222 g/mol. The fourth-order valence-electron chi connectivity index (χ4n) is 4.70. The van der Waals surface area contributed by atoms with E-state index in [4.69, 9.17) is 0 Å². The number of carbonyl (C=O) groups excluding carboxylic acids is 1. The second kappa shape index (κ2) is 5.32. The summed E-state index contributed by atoms with van der Waals surface area (Å²) in [6, 6.07) is 0.242. The minimum Gasteiger partial charge on any atom is -0.298 e. The van der Waals surface area contributed by atoms with Crippen molar-refractivity contribution >= 4 is 5.78 Å². The van der Waals surface area contributed by atoms with Crippen LogP contribution in [0.4, 0.5) is 0 Å². The molecule has 4 atom stereocenters. The molecule has 0 aliphatic heterocycles. The summed E-state index contributed by atoms with van der Waals surface area (Å²) in [4.78, 5) is 14.5. The number of rotatable bonds is 3. The van der Waals surface area contributed by atoms with Gasteiger partial charge in [0.2, 0.25) is 0 Å². The van der Waals surface area contributed by atoms with Crippen LogP contribution in [0.15, 0.2) is 0 Å². The van der Waals surface area contributed by atoms with E-state index in [1.807, 2.05) is 0 Å². The van der Waals surface area contributed by atoms with Gasteiger partial charge in [0, 0.05) is 13.0 Å². The van der Waals surface area contributed by atoms with E-state index in [1.165, 1.54) is 45.1 Å². The van der Waals surface area contributed by atoms with Gasteiger partial charge in [0.1, 0.15) is 5.78 Å². The lowest BCUT2D eigenvalue weighted by molar-refractivity contribution is -0.124. The Morgan fingerprint density at radius 1 is 1.11 bits per heavy atom. The van der Waals surface area contributed by atoms with Crippen LogP contribution < -0.4 is 0 Å². The highest BCUT2D eigenvalue weighted by Gasteiger charge is 2.40. The predicted molar refractivity (Wildman–Crippen MR) is 73.4 cm³/mol. The van der Waals surface area contributed by atoms with Crippen molar-refractivity contribution in [1.82, 2.24) is 4.90 Å². The summed E-state index contributed by atoms with van der Waals surface area (Å²) in [5.41, 5.74) is 0. The first-order chi connectivity index (χ1) is 8.74. The third-order valence-electron chi connectivity index (χ3n) is 5.71. The van der Waals surface area contributed by atoms with Crippen LogP contribution in [0.1, 0.15) is 57.8 Å². The van der Waals surface area contributed by atoms with Crippen LogP contribution in [0.5, 0.6) is 0 Å². The third kappa shape index (κ3) is 2.49. The molecular formula is C16H27NO. The lowest BCUT2D eigenvalue weighted by Gasteiger charge is -2.31. The number of carbonyl (C=O) groups is 1. The molecule has 3 saturated carbocycles. The highest BCUT2D eigenvalue weighted by atomic mass is 16.1. The number of hydrogen-bond acceptors (Lipinski definition) is 2. The molecule has 102 valence electrons. The number of fused-ring (bicyclic) bond motifs is 2. The maximum atomic E-state index is 12.1. The van der Waals surface area contributed by atoms with Crippen LogP contribution >= 0.6 is 0 Å². The highest BCUT2D eigenvalue weighted by molar-refractivity contribution is 5.84. The molecule has 0 amide bonds. The maximum absolute atomic E-state index is 12.1. The van der Waals surface area contributed by atoms with Crippen LogP contribution in [0.25, 0.3) is 0 Å². The molecule has 2 heteroatoms. The lowest BCUT2D eigenvalue weighted by Crippen LogP contribution is -2.41. The van der Waals surface area contributed by atoms with Gasteiger partial charge in [-0.05, 0) is 56.9 Å². The van der Waals surface area contributed by atoms with Crippen molar-refractivity contribution < 1.29 is 4.79 Å². The van der Waals surface area contributed by atoms with Gasteiger partial charge in [-0.2, -0.15) is 0 Å². The van der Waals surface area contributed by atoms with Gasteiger partial charge in [0.25, 0.3) is 0 Å². The summed E-state index contributed by atoms with van der Waals surface area (Å²) >= 11 is 0. The van der Waals surface area contributed by atoms with E-state index in [0.29, 0.717) is 5.78 Å². The molecule has 0 aromatic heterocycles. The molecule has 0 N–H and O–H groups in total. The Hall–Kier alpha value is -0.370. The first-order valence-electron chi connectivity index (χ1n) is 7.97. The van der Waals surface area contributed by atoms with Gasteiger partial charge in [-0.1, -0.05) is 19.3 Å². The van der Waals surface area contributed by atoms with Crippen LogP contribution in [0.2, 0.25) is 0 Å². The molecule has 18 heavy (non-hydrogen) atoms. The molecule has 0 heterocycles. The molecule has 3 rings (SSSR count). The second-order valence-electron chi connectivity index (χ2n) is 6.96. The van der Waals surface area contributed by atoms with Gasteiger partial charge in [0.15, 0.2) is 0 Å². The summed E-state index contributed by atoms with van der Waals surface area (Å²) in [7, 11) is 2.19. The van der Waals surface area contributed by atoms with Gasteiger partial charge in [0.05, 0.1) is 6.04 Å². The van der Waals surface area contributed by atoms with Crippen LogP contribution in [-0.4, -0.2) is 30.3 Å². The molecule has 0 spiro atoms. The van der Waals surface area contributed by atoms with E-state index in [0.717, 1.165) is 37.0 Å². The Morgan fingerprint density at radius 2 is 2.00 bits per heavy atom. The SMILES string of the molecule is CN(CC1CC2CCC1C2)C1CCCCCC1=O. The third-order valence-corrected chi connectivity index (χ3v) is 5.71. The number of Topliss-reactive ketones (excluding diaryl/α,β-unsaturated/α-hetero) is 1. The Bertz CT molecular complexity index is 314. The monoisotopic (exact) mass is 249 g/mol. The average molecular weight is 249 g/mol. The van der Waals surface area contributed by atoms with Crippen molar-refractivity contribution in [2.75, 3.05) is 13.6 Å². The van der Waals surface area contributed by atoms with Gasteiger partial charge < -0.3 is 0 Å². The van der Waals surface area contributed by atoms with E-state index < -0.39 is 0 Å². The van der Waals surface area contributed by atoms with Crippen LogP contribution in [0, 0.1) is 17.8 Å². The fourth-order valence-corrected chi connectivity index (χ4v) is 4.70. The highest BCUT2D eigenvalue weighted by Crippen LogP contribution is 2.48. The number of nitrogens with zero attached hydrogens (tertiary/aromatic N) is 1. The summed E-state index contributed by atoms with van der Waals surface area (Å²) in [5.74, 6) is 3.42. The number of likely N-dealkylation sites (N-methyl/N-ethyl adjacent to an activating group) is 1. The van der Waals surface area contributed by atoms with E-state index in [-0.39, 0.29) is 6.04 Å². The van der Waals surface area contributed by atoms with E-state index >= 15 is 0 Å². The fraction of sp³-hybridized carbons (Fsp3) is 0.938. The second-order valence-corrected chi connectivity index (χ2v) is 6.96. The molecule has 3 aliphatic carbocycles. The number of hydrogen-bond donors (Lipinski definition) is 0. The molecule has 0 aromatic carbocycles. The van der Waals surface area contributed by atoms with Gasteiger partial charge >= 0.3 is 0 Å². The van der Waals surface area contributed by atoms with Crippen molar-refractivity contribution in [2.45, 2.75) is 63.8 Å². The normalized spacial score (nSPS) is 40.4. The molecule has 0 aromatic rings.